The number of fused-ring (bicyclic) bond motifs is 8. The summed E-state index contributed by atoms with van der Waals surface area (Å²) in [6, 6.07) is 59.5. The highest BCUT2D eigenvalue weighted by molar-refractivity contribution is 6.21. The van der Waals surface area contributed by atoms with Crippen molar-refractivity contribution in [2.45, 2.75) is 37.5 Å². The molecule has 15 rings (SSSR count). The fourth-order valence-electron chi connectivity index (χ4n) is 13.2. The van der Waals surface area contributed by atoms with Gasteiger partial charge in [-0.1, -0.05) is 140 Å². The van der Waals surface area contributed by atoms with E-state index in [0.717, 1.165) is 61.2 Å². The molecule has 290 valence electrons. The Morgan fingerprint density at radius 1 is 0.377 bits per heavy atom. The van der Waals surface area contributed by atoms with E-state index in [2.05, 4.69) is 133 Å². The van der Waals surface area contributed by atoms with Gasteiger partial charge in [0.1, 0.15) is 11.2 Å². The highest BCUT2D eigenvalue weighted by Crippen LogP contribution is 2.69. The van der Waals surface area contributed by atoms with E-state index in [1.54, 1.807) is 11.1 Å². The zero-order valence-corrected chi connectivity index (χ0v) is 33.7. The Bertz CT molecular complexity index is 3370. The summed E-state index contributed by atoms with van der Waals surface area (Å²) in [4.78, 5) is 15.8. The van der Waals surface area contributed by atoms with Crippen LogP contribution in [-0.2, 0) is 5.41 Å². The van der Waals surface area contributed by atoms with Crippen molar-refractivity contribution in [3.8, 4) is 56.4 Å². The maximum Gasteiger partial charge on any atom is 0.165 e. The fourth-order valence-corrected chi connectivity index (χ4v) is 13.2. The van der Waals surface area contributed by atoms with Gasteiger partial charge in [0.25, 0.3) is 0 Å². The van der Waals surface area contributed by atoms with Gasteiger partial charge < -0.3 is 4.42 Å². The smallest absolute Gasteiger partial charge is 0.165 e. The number of aromatic nitrogens is 3. The summed E-state index contributed by atoms with van der Waals surface area (Å²) in [5.74, 6) is 5.14. The van der Waals surface area contributed by atoms with Crippen molar-refractivity contribution in [3.63, 3.8) is 0 Å². The van der Waals surface area contributed by atoms with Crippen molar-refractivity contribution in [1.29, 1.82) is 0 Å². The lowest BCUT2D eigenvalue weighted by atomic mass is 9.43. The third kappa shape index (κ3) is 4.73. The summed E-state index contributed by atoms with van der Waals surface area (Å²) >= 11 is 0. The van der Waals surface area contributed by atoms with E-state index in [1.807, 2.05) is 30.3 Å². The zero-order valence-electron chi connectivity index (χ0n) is 33.7. The Labute approximate surface area is 354 Å². The van der Waals surface area contributed by atoms with Crippen LogP contribution in [0.1, 0.15) is 43.2 Å². The molecular formula is C57H41N3O. The molecule has 2 heterocycles. The Morgan fingerprint density at radius 3 is 1.64 bits per heavy atom. The second-order valence-corrected chi connectivity index (χ2v) is 18.3. The third-order valence-electron chi connectivity index (χ3n) is 15.3. The molecule has 2 aromatic heterocycles. The van der Waals surface area contributed by atoms with Crippen molar-refractivity contribution >= 4 is 43.5 Å². The van der Waals surface area contributed by atoms with Gasteiger partial charge in [-0.15, -0.1) is 0 Å². The molecule has 1 spiro atoms. The largest absolute Gasteiger partial charge is 0.456 e. The van der Waals surface area contributed by atoms with E-state index in [0.29, 0.717) is 29.3 Å². The van der Waals surface area contributed by atoms with Crippen LogP contribution in [-0.4, -0.2) is 15.0 Å². The predicted molar refractivity (Wildman–Crippen MR) is 247 cm³/mol. The summed E-state index contributed by atoms with van der Waals surface area (Å²) in [7, 11) is 0. The van der Waals surface area contributed by atoms with Crippen molar-refractivity contribution in [1.82, 2.24) is 15.0 Å². The molecule has 0 radical (unpaired) electrons. The molecule has 4 fully saturated rings. The quantitative estimate of drug-likeness (QED) is 0.167. The molecule has 5 aliphatic rings. The summed E-state index contributed by atoms with van der Waals surface area (Å²) in [6.07, 6.45) is 6.94. The number of para-hydroxylation sites is 1. The van der Waals surface area contributed by atoms with Crippen molar-refractivity contribution < 1.29 is 4.42 Å². The molecule has 0 N–H and O–H groups in total. The number of nitrogens with zero attached hydrogens (tertiary/aromatic N) is 3. The number of hydrogen-bond donors (Lipinski definition) is 0. The van der Waals surface area contributed by atoms with Gasteiger partial charge in [0.15, 0.2) is 17.5 Å². The molecule has 0 amide bonds. The lowest BCUT2D eigenvalue weighted by Gasteiger charge is -2.61. The van der Waals surface area contributed by atoms with Crippen LogP contribution in [0.25, 0.3) is 99.9 Å². The standard InChI is InChI=1S/C57H41N3O/c1-2-12-35(13-3-1)54-58-55(37-23-25-43-42-15-9-11-21-50(42)61-51(43)32-37)60-56(59-54)53-46-18-6-4-16-44(46)52(45-17-5-7-19-47(45)53)36-22-24-41-40-14-8-10-20-48(40)57(49(41)31-36)38-27-33-26-34(29-38)30-39(57)28-33/h1-25,31-34,38-39H,26-30H2. The average Bonchev–Trinajstić information content (AvgIpc) is 3.83. The van der Waals surface area contributed by atoms with Crippen LogP contribution in [0, 0.1) is 23.7 Å². The molecule has 61 heavy (non-hydrogen) atoms. The minimum atomic E-state index is 0.0986. The van der Waals surface area contributed by atoms with Gasteiger partial charge in [-0.05, 0) is 135 Å². The van der Waals surface area contributed by atoms with Crippen LogP contribution in [0.15, 0.2) is 168 Å². The summed E-state index contributed by atoms with van der Waals surface area (Å²) in [5, 5.41) is 6.86. The van der Waals surface area contributed by atoms with Gasteiger partial charge in [0.2, 0.25) is 0 Å². The highest BCUT2D eigenvalue weighted by Gasteiger charge is 2.61. The number of rotatable bonds is 4. The average molecular weight is 784 g/mol. The maximum absolute atomic E-state index is 6.35. The zero-order chi connectivity index (χ0) is 39.8. The topological polar surface area (TPSA) is 51.8 Å². The Balaban J connectivity index is 0.998. The molecule has 0 aliphatic heterocycles. The SMILES string of the molecule is c1ccc(-c2nc(-c3ccc4c(c3)oc3ccccc34)nc(-c3c4ccccc4c(-c4ccc5c(c4)C4(c6ccccc6-5)C5CC6CC(C5)CC4C6)c4ccccc34)n2)cc1. The van der Waals surface area contributed by atoms with Crippen molar-refractivity contribution in [2.24, 2.45) is 23.7 Å². The number of hydrogen-bond acceptors (Lipinski definition) is 4. The van der Waals surface area contributed by atoms with Gasteiger partial charge in [-0.3, -0.25) is 0 Å². The molecule has 0 saturated heterocycles. The van der Waals surface area contributed by atoms with Crippen LogP contribution in [0.3, 0.4) is 0 Å². The first-order valence-corrected chi connectivity index (χ1v) is 22.1. The van der Waals surface area contributed by atoms with Crippen molar-refractivity contribution in [3.05, 3.63) is 175 Å². The van der Waals surface area contributed by atoms with E-state index in [4.69, 9.17) is 19.4 Å². The second-order valence-electron chi connectivity index (χ2n) is 18.3. The molecular weight excluding hydrogens is 743 g/mol. The lowest BCUT2D eigenvalue weighted by Crippen LogP contribution is -2.55. The molecule has 10 aromatic rings. The van der Waals surface area contributed by atoms with Gasteiger partial charge >= 0.3 is 0 Å². The monoisotopic (exact) mass is 783 g/mol. The minimum absolute atomic E-state index is 0.0986. The summed E-state index contributed by atoms with van der Waals surface area (Å²) in [6.45, 7) is 0. The Morgan fingerprint density at radius 2 is 0.918 bits per heavy atom. The maximum atomic E-state index is 6.35. The lowest BCUT2D eigenvalue weighted by molar-refractivity contribution is -0.0399. The number of benzene rings is 8. The fraction of sp³-hybridized carbons (Fsp3) is 0.175. The van der Waals surface area contributed by atoms with Gasteiger partial charge in [-0.25, -0.2) is 15.0 Å². The highest BCUT2D eigenvalue weighted by atomic mass is 16.3. The third-order valence-corrected chi connectivity index (χ3v) is 15.3. The second kappa shape index (κ2) is 12.6. The van der Waals surface area contributed by atoms with E-state index < -0.39 is 0 Å². The molecule has 0 atom stereocenters. The van der Waals surface area contributed by atoms with E-state index >= 15 is 0 Å². The predicted octanol–water partition coefficient (Wildman–Crippen LogP) is 14.5. The van der Waals surface area contributed by atoms with Crippen LogP contribution in [0.5, 0.6) is 0 Å². The Hall–Kier alpha value is -6.91. The Kier molecular flexibility index (Phi) is 6.97. The summed E-state index contributed by atoms with van der Waals surface area (Å²) in [5.41, 5.74) is 13.3. The van der Waals surface area contributed by atoms with Crippen LogP contribution < -0.4 is 0 Å². The normalized spacial score (nSPS) is 22.2. The molecule has 5 aliphatic carbocycles. The molecule has 4 saturated carbocycles. The minimum Gasteiger partial charge on any atom is -0.456 e. The molecule has 4 bridgehead atoms. The number of furan rings is 1. The molecule has 0 unspecified atom stereocenters. The summed E-state index contributed by atoms with van der Waals surface area (Å²) < 4.78 is 6.35. The molecule has 4 nitrogen and oxygen atoms in total. The molecule has 8 aromatic carbocycles. The van der Waals surface area contributed by atoms with Crippen LogP contribution >= 0.6 is 0 Å². The van der Waals surface area contributed by atoms with Crippen molar-refractivity contribution in [2.75, 3.05) is 0 Å². The molecule has 4 heteroatoms. The van der Waals surface area contributed by atoms with Gasteiger partial charge in [0, 0.05) is 32.9 Å². The van der Waals surface area contributed by atoms with Gasteiger partial charge in [0.05, 0.1) is 0 Å². The first kappa shape index (κ1) is 33.9. The first-order chi connectivity index (χ1) is 30.2. The van der Waals surface area contributed by atoms with Gasteiger partial charge in [-0.2, -0.15) is 0 Å². The van der Waals surface area contributed by atoms with E-state index in [-0.39, 0.29) is 5.41 Å². The van der Waals surface area contributed by atoms with E-state index in [1.165, 1.54) is 65.1 Å². The van der Waals surface area contributed by atoms with E-state index in [9.17, 15) is 0 Å². The first-order valence-electron chi connectivity index (χ1n) is 22.1. The van der Waals surface area contributed by atoms with Crippen LogP contribution in [0.4, 0.5) is 0 Å². The van der Waals surface area contributed by atoms with Crippen LogP contribution in [0.2, 0.25) is 0 Å².